The number of hydrogen-bond acceptors (Lipinski definition) is 9. The summed E-state index contributed by atoms with van der Waals surface area (Å²) in [5.74, 6) is -1.64. The average Bonchev–Trinajstić information content (AvgIpc) is 2.86. The fourth-order valence-corrected chi connectivity index (χ4v) is 3.32. The zero-order valence-electron chi connectivity index (χ0n) is 18.6. The second kappa shape index (κ2) is 10.8. The Bertz CT molecular complexity index is 1150. The molecule has 3 heterocycles. The third-order valence-corrected chi connectivity index (χ3v) is 5.31. The monoisotopic (exact) mass is 465 g/mol. The Kier molecular flexibility index (Phi) is 7.33. The molecule has 176 valence electrons. The number of aromatic nitrogens is 3. The number of benzene rings is 1. The smallest absolute Gasteiger partial charge is 0.310 e. The number of aliphatic carboxylic acids is 1. The Labute approximate surface area is 195 Å². The van der Waals surface area contributed by atoms with Crippen LogP contribution in [0.15, 0.2) is 59.0 Å². The van der Waals surface area contributed by atoms with E-state index in [2.05, 4.69) is 30.5 Å². The summed E-state index contributed by atoms with van der Waals surface area (Å²) in [6, 6.07) is 10.9. The normalized spacial score (nSPS) is 14.8. The van der Waals surface area contributed by atoms with Gasteiger partial charge in [-0.25, -0.2) is 9.37 Å². The van der Waals surface area contributed by atoms with Gasteiger partial charge in [-0.05, 0) is 36.8 Å². The second-order valence-corrected chi connectivity index (χ2v) is 7.69. The molecule has 34 heavy (non-hydrogen) atoms. The maximum absolute atomic E-state index is 14.1. The minimum absolute atomic E-state index is 0.0850. The third kappa shape index (κ3) is 5.87. The standard InChI is InChI=1S/C23H24FN7O3/c1-15(22(32)33)16-2-4-17(5-3-16)28-19-7-6-18(25-12-19)13-27-30-23-26-14-20(24)21(29-23)31-8-10-34-11-9-31/h2-7,12,14-15,28H,8-11,13H2,1H3,(H,32,33). The molecule has 0 bridgehead atoms. The van der Waals surface area contributed by atoms with Crippen LogP contribution in [0.2, 0.25) is 0 Å². The summed E-state index contributed by atoms with van der Waals surface area (Å²) < 4.78 is 19.4. The summed E-state index contributed by atoms with van der Waals surface area (Å²) in [4.78, 5) is 25.3. The van der Waals surface area contributed by atoms with E-state index in [0.717, 1.165) is 23.1 Å². The summed E-state index contributed by atoms with van der Waals surface area (Å²) in [5.41, 5.74) is 3.02. The minimum atomic E-state index is -0.860. The molecule has 1 aromatic carbocycles. The van der Waals surface area contributed by atoms with Crippen molar-refractivity contribution >= 4 is 29.1 Å². The zero-order chi connectivity index (χ0) is 23.9. The Morgan fingerprint density at radius 2 is 1.88 bits per heavy atom. The van der Waals surface area contributed by atoms with E-state index in [0.29, 0.717) is 32.0 Å². The summed E-state index contributed by atoms with van der Waals surface area (Å²) in [7, 11) is 0. The molecule has 1 aliphatic heterocycles. The SMILES string of the molecule is CC(C(=O)O)c1ccc(Nc2ccc(CN=Nc3ncc(F)c(N4CCOCC4)n3)nc2)cc1. The first-order valence-electron chi connectivity index (χ1n) is 10.8. The number of anilines is 3. The van der Waals surface area contributed by atoms with Crippen LogP contribution in [-0.2, 0) is 16.1 Å². The first-order valence-corrected chi connectivity index (χ1v) is 10.8. The van der Waals surface area contributed by atoms with Gasteiger partial charge in [0, 0.05) is 18.8 Å². The van der Waals surface area contributed by atoms with Gasteiger partial charge in [0.05, 0.1) is 42.9 Å². The Morgan fingerprint density at radius 3 is 2.56 bits per heavy atom. The molecule has 0 saturated carbocycles. The minimum Gasteiger partial charge on any atom is -0.481 e. The number of hydrogen-bond donors (Lipinski definition) is 2. The molecule has 1 fully saturated rings. The quantitative estimate of drug-likeness (QED) is 0.477. The number of rotatable bonds is 8. The first-order chi connectivity index (χ1) is 16.5. The molecule has 0 radical (unpaired) electrons. The number of pyridine rings is 1. The van der Waals surface area contributed by atoms with Gasteiger partial charge in [-0.15, -0.1) is 5.11 Å². The van der Waals surface area contributed by atoms with E-state index in [1.807, 2.05) is 24.3 Å². The van der Waals surface area contributed by atoms with E-state index in [1.165, 1.54) is 0 Å². The van der Waals surface area contributed by atoms with Gasteiger partial charge >= 0.3 is 5.97 Å². The van der Waals surface area contributed by atoms with Crippen molar-refractivity contribution < 1.29 is 19.0 Å². The molecule has 0 spiro atoms. The van der Waals surface area contributed by atoms with Crippen molar-refractivity contribution in [2.24, 2.45) is 10.2 Å². The van der Waals surface area contributed by atoms with E-state index in [1.54, 1.807) is 30.2 Å². The van der Waals surface area contributed by atoms with Crippen LogP contribution < -0.4 is 10.2 Å². The van der Waals surface area contributed by atoms with Gasteiger partial charge < -0.3 is 20.1 Å². The molecule has 0 amide bonds. The lowest BCUT2D eigenvalue weighted by molar-refractivity contribution is -0.138. The highest BCUT2D eigenvalue weighted by molar-refractivity contribution is 5.75. The highest BCUT2D eigenvalue weighted by Gasteiger charge is 2.18. The first kappa shape index (κ1) is 23.2. The molecule has 0 aliphatic carbocycles. The lowest BCUT2D eigenvalue weighted by Gasteiger charge is -2.27. The Morgan fingerprint density at radius 1 is 1.15 bits per heavy atom. The van der Waals surface area contributed by atoms with Gasteiger partial charge in [-0.1, -0.05) is 12.1 Å². The van der Waals surface area contributed by atoms with Gasteiger partial charge in [0.25, 0.3) is 5.95 Å². The fourth-order valence-electron chi connectivity index (χ4n) is 3.32. The third-order valence-electron chi connectivity index (χ3n) is 5.31. The van der Waals surface area contributed by atoms with Crippen LogP contribution in [-0.4, -0.2) is 52.3 Å². The molecular weight excluding hydrogens is 441 g/mol. The van der Waals surface area contributed by atoms with Crippen LogP contribution in [0, 0.1) is 5.82 Å². The number of morpholine rings is 1. The average molecular weight is 465 g/mol. The molecule has 4 rings (SSSR count). The highest BCUT2D eigenvalue weighted by atomic mass is 19.1. The summed E-state index contributed by atoms with van der Waals surface area (Å²) in [6.07, 6.45) is 2.77. The maximum Gasteiger partial charge on any atom is 0.310 e. The van der Waals surface area contributed by atoms with E-state index < -0.39 is 17.7 Å². The molecule has 3 aromatic rings. The van der Waals surface area contributed by atoms with Crippen LogP contribution in [0.1, 0.15) is 24.1 Å². The number of ether oxygens (including phenoxy) is 1. The van der Waals surface area contributed by atoms with Crippen molar-refractivity contribution in [3.8, 4) is 0 Å². The van der Waals surface area contributed by atoms with Gasteiger partial charge in [0.15, 0.2) is 11.6 Å². The number of carboxylic acid groups (broad SMARTS) is 1. The molecule has 1 atom stereocenters. The summed E-state index contributed by atoms with van der Waals surface area (Å²) in [5, 5.41) is 20.4. The maximum atomic E-state index is 14.1. The largest absolute Gasteiger partial charge is 0.481 e. The number of nitrogens with one attached hydrogen (secondary N) is 1. The van der Waals surface area contributed by atoms with Gasteiger partial charge in [-0.2, -0.15) is 10.1 Å². The number of halogens is 1. The summed E-state index contributed by atoms with van der Waals surface area (Å²) in [6.45, 7) is 4.02. The van der Waals surface area contributed by atoms with Crippen LogP contribution in [0.4, 0.5) is 27.5 Å². The fraction of sp³-hybridized carbons (Fsp3) is 0.304. The predicted octanol–water partition coefficient (Wildman–Crippen LogP) is 4.06. The molecule has 11 heteroatoms. The van der Waals surface area contributed by atoms with Gasteiger partial charge in [-0.3, -0.25) is 9.78 Å². The molecule has 1 aliphatic rings. The predicted molar refractivity (Wildman–Crippen MR) is 123 cm³/mol. The summed E-state index contributed by atoms with van der Waals surface area (Å²) >= 11 is 0. The number of azo groups is 1. The molecule has 2 N–H and O–H groups in total. The van der Waals surface area contributed by atoms with Crippen molar-refractivity contribution in [3.63, 3.8) is 0 Å². The van der Waals surface area contributed by atoms with E-state index >= 15 is 0 Å². The van der Waals surface area contributed by atoms with Crippen LogP contribution >= 0.6 is 0 Å². The number of carboxylic acids is 1. The number of carbonyl (C=O) groups is 1. The molecule has 10 nitrogen and oxygen atoms in total. The Hall–Kier alpha value is -3.99. The molecule has 1 saturated heterocycles. The zero-order valence-corrected chi connectivity index (χ0v) is 18.6. The number of nitrogens with zero attached hydrogens (tertiary/aromatic N) is 6. The van der Waals surface area contributed by atoms with Crippen molar-refractivity contribution in [2.45, 2.75) is 19.4 Å². The highest BCUT2D eigenvalue weighted by Crippen LogP contribution is 2.22. The second-order valence-electron chi connectivity index (χ2n) is 7.69. The van der Waals surface area contributed by atoms with Crippen molar-refractivity contribution in [1.82, 2.24) is 15.0 Å². The van der Waals surface area contributed by atoms with Crippen molar-refractivity contribution in [3.05, 3.63) is 65.9 Å². The Balaban J connectivity index is 1.34. The van der Waals surface area contributed by atoms with Gasteiger partial charge in [0.2, 0.25) is 0 Å². The molecule has 2 aromatic heterocycles. The molecule has 1 unspecified atom stereocenters. The van der Waals surface area contributed by atoms with Crippen molar-refractivity contribution in [1.29, 1.82) is 0 Å². The van der Waals surface area contributed by atoms with E-state index in [4.69, 9.17) is 9.84 Å². The topological polar surface area (TPSA) is 125 Å². The van der Waals surface area contributed by atoms with E-state index in [-0.39, 0.29) is 18.3 Å². The van der Waals surface area contributed by atoms with E-state index in [9.17, 15) is 9.18 Å². The molecular formula is C23H24FN7O3. The van der Waals surface area contributed by atoms with Crippen LogP contribution in [0.25, 0.3) is 0 Å². The van der Waals surface area contributed by atoms with Crippen molar-refractivity contribution in [2.75, 3.05) is 36.5 Å². The van der Waals surface area contributed by atoms with Gasteiger partial charge in [0.1, 0.15) is 6.54 Å². The lowest BCUT2D eigenvalue weighted by atomic mass is 10.0. The van der Waals surface area contributed by atoms with Crippen LogP contribution in [0.3, 0.4) is 0 Å². The lowest BCUT2D eigenvalue weighted by Crippen LogP contribution is -2.37. The van der Waals surface area contributed by atoms with Crippen LogP contribution in [0.5, 0.6) is 0 Å².